The van der Waals surface area contributed by atoms with E-state index in [1.807, 2.05) is 0 Å². The van der Waals surface area contributed by atoms with Crippen molar-refractivity contribution >= 4 is 23.6 Å². The maximum Gasteiger partial charge on any atom is 0.371 e. The molecule has 17 heavy (non-hydrogen) atoms. The van der Waals surface area contributed by atoms with E-state index >= 15 is 0 Å². The fourth-order valence-corrected chi connectivity index (χ4v) is 1.87. The summed E-state index contributed by atoms with van der Waals surface area (Å²) in [6.07, 6.45) is 1.59. The molecular formula is C11H13NO4S. The minimum Gasteiger partial charge on any atom is -0.475 e. The van der Waals surface area contributed by atoms with Crippen LogP contribution in [0.1, 0.15) is 17.5 Å². The lowest BCUT2D eigenvalue weighted by atomic mass is 10.4. The Morgan fingerprint density at radius 1 is 1.65 bits per heavy atom. The standard InChI is InChI=1S/C11H13NO4S/c1-3-6-12-10(13)7(2)17-9-5-4-8(16-9)11(14)15/h3-5,7H,1,6H2,2H3,(H,12,13)(H,14,15). The van der Waals surface area contributed by atoms with E-state index < -0.39 is 5.97 Å². The van der Waals surface area contributed by atoms with Gasteiger partial charge < -0.3 is 14.8 Å². The minimum absolute atomic E-state index is 0.133. The number of furan rings is 1. The van der Waals surface area contributed by atoms with E-state index in [0.29, 0.717) is 11.6 Å². The predicted molar refractivity (Wildman–Crippen MR) is 64.2 cm³/mol. The Labute approximate surface area is 103 Å². The van der Waals surface area contributed by atoms with Gasteiger partial charge in [-0.3, -0.25) is 4.79 Å². The van der Waals surface area contributed by atoms with Crippen LogP contribution in [0.5, 0.6) is 0 Å². The highest BCUT2D eigenvalue weighted by Gasteiger charge is 2.17. The quantitative estimate of drug-likeness (QED) is 0.598. The third-order valence-electron chi connectivity index (χ3n) is 1.87. The molecule has 1 aromatic rings. The van der Waals surface area contributed by atoms with Crippen LogP contribution in [0.4, 0.5) is 0 Å². The van der Waals surface area contributed by atoms with Crippen molar-refractivity contribution < 1.29 is 19.1 Å². The fourth-order valence-electron chi connectivity index (χ4n) is 1.04. The van der Waals surface area contributed by atoms with E-state index in [2.05, 4.69) is 11.9 Å². The van der Waals surface area contributed by atoms with Crippen LogP contribution < -0.4 is 5.32 Å². The van der Waals surface area contributed by atoms with Crippen molar-refractivity contribution in [3.05, 3.63) is 30.5 Å². The van der Waals surface area contributed by atoms with E-state index in [-0.39, 0.29) is 16.9 Å². The predicted octanol–water partition coefficient (Wildman–Crippen LogP) is 1.76. The lowest BCUT2D eigenvalue weighted by Crippen LogP contribution is -2.30. The van der Waals surface area contributed by atoms with Crippen molar-refractivity contribution in [3.63, 3.8) is 0 Å². The maximum absolute atomic E-state index is 11.5. The molecule has 1 unspecified atom stereocenters. The average Bonchev–Trinajstić information content (AvgIpc) is 2.74. The first kappa shape index (κ1) is 13.4. The van der Waals surface area contributed by atoms with E-state index in [0.717, 1.165) is 11.8 Å². The van der Waals surface area contributed by atoms with Crippen LogP contribution >= 0.6 is 11.8 Å². The van der Waals surface area contributed by atoms with Gasteiger partial charge in [-0.25, -0.2) is 4.79 Å². The van der Waals surface area contributed by atoms with Gasteiger partial charge in [-0.05, 0) is 19.1 Å². The molecule has 2 N–H and O–H groups in total. The van der Waals surface area contributed by atoms with Crippen LogP contribution in [0.3, 0.4) is 0 Å². The number of hydrogen-bond donors (Lipinski definition) is 2. The molecule has 0 bridgehead atoms. The van der Waals surface area contributed by atoms with Crippen molar-refractivity contribution in [1.29, 1.82) is 0 Å². The zero-order chi connectivity index (χ0) is 12.8. The summed E-state index contributed by atoms with van der Waals surface area (Å²) in [4.78, 5) is 22.1. The maximum atomic E-state index is 11.5. The molecule has 92 valence electrons. The molecule has 0 aliphatic heterocycles. The normalized spacial score (nSPS) is 11.8. The summed E-state index contributed by atoms with van der Waals surface area (Å²) in [6, 6.07) is 2.89. The Kier molecular flexibility index (Phi) is 4.84. The first-order chi connectivity index (χ1) is 8.04. The lowest BCUT2D eigenvalue weighted by molar-refractivity contribution is -0.120. The first-order valence-electron chi connectivity index (χ1n) is 4.93. The highest BCUT2D eigenvalue weighted by Crippen LogP contribution is 2.25. The van der Waals surface area contributed by atoms with E-state index in [1.165, 1.54) is 12.1 Å². The second-order valence-corrected chi connectivity index (χ2v) is 4.56. The summed E-state index contributed by atoms with van der Waals surface area (Å²) in [5, 5.41) is 11.4. The Morgan fingerprint density at radius 2 is 2.35 bits per heavy atom. The molecule has 0 aliphatic carbocycles. The molecule has 0 fully saturated rings. The second-order valence-electron chi connectivity index (χ2n) is 3.22. The number of thioether (sulfide) groups is 1. The molecule has 1 rings (SSSR count). The summed E-state index contributed by atoms with van der Waals surface area (Å²) in [5.41, 5.74) is 0. The number of rotatable bonds is 6. The molecule has 0 aliphatic rings. The number of hydrogen-bond acceptors (Lipinski definition) is 4. The van der Waals surface area contributed by atoms with Crippen LogP contribution in [0.25, 0.3) is 0 Å². The van der Waals surface area contributed by atoms with Gasteiger partial charge in [-0.15, -0.1) is 6.58 Å². The molecule has 1 aromatic heterocycles. The van der Waals surface area contributed by atoms with Crippen molar-refractivity contribution in [2.45, 2.75) is 17.3 Å². The van der Waals surface area contributed by atoms with Crippen LogP contribution in [-0.2, 0) is 4.79 Å². The van der Waals surface area contributed by atoms with E-state index in [1.54, 1.807) is 13.0 Å². The number of carbonyl (C=O) groups is 2. The molecule has 5 nitrogen and oxygen atoms in total. The SMILES string of the molecule is C=CCNC(=O)C(C)Sc1ccc(C(=O)O)o1. The summed E-state index contributed by atoms with van der Waals surface area (Å²) in [7, 11) is 0. The number of nitrogens with one attached hydrogen (secondary N) is 1. The van der Waals surface area contributed by atoms with Crippen molar-refractivity contribution in [1.82, 2.24) is 5.32 Å². The summed E-state index contributed by atoms with van der Waals surface area (Å²) in [5.74, 6) is -1.41. The van der Waals surface area contributed by atoms with Gasteiger partial charge in [0.1, 0.15) is 0 Å². The van der Waals surface area contributed by atoms with E-state index in [9.17, 15) is 9.59 Å². The zero-order valence-corrected chi connectivity index (χ0v) is 10.1. The number of aromatic carboxylic acids is 1. The Morgan fingerprint density at radius 3 is 2.88 bits per heavy atom. The molecule has 0 radical (unpaired) electrons. The van der Waals surface area contributed by atoms with Gasteiger partial charge in [0.2, 0.25) is 11.7 Å². The zero-order valence-electron chi connectivity index (χ0n) is 9.30. The van der Waals surface area contributed by atoms with Crippen LogP contribution in [0.2, 0.25) is 0 Å². The fraction of sp³-hybridized carbons (Fsp3) is 0.273. The third-order valence-corrected chi connectivity index (χ3v) is 2.89. The summed E-state index contributed by atoms with van der Waals surface area (Å²) >= 11 is 1.16. The molecule has 0 spiro atoms. The Balaban J connectivity index is 2.54. The highest BCUT2D eigenvalue weighted by atomic mass is 32.2. The monoisotopic (exact) mass is 255 g/mol. The topological polar surface area (TPSA) is 79.5 Å². The Hall–Kier alpha value is -1.69. The van der Waals surface area contributed by atoms with Gasteiger partial charge in [0.25, 0.3) is 0 Å². The Bertz CT molecular complexity index is 427. The van der Waals surface area contributed by atoms with Gasteiger partial charge in [-0.1, -0.05) is 17.8 Å². The molecule has 0 saturated heterocycles. The van der Waals surface area contributed by atoms with Crippen molar-refractivity contribution in [2.24, 2.45) is 0 Å². The molecule has 0 aromatic carbocycles. The number of carboxylic acid groups (broad SMARTS) is 1. The van der Waals surface area contributed by atoms with Gasteiger partial charge in [0, 0.05) is 6.54 Å². The molecule has 0 saturated carbocycles. The van der Waals surface area contributed by atoms with Crippen molar-refractivity contribution in [3.8, 4) is 0 Å². The molecular weight excluding hydrogens is 242 g/mol. The molecule has 6 heteroatoms. The van der Waals surface area contributed by atoms with Crippen LogP contribution in [-0.4, -0.2) is 28.8 Å². The van der Waals surface area contributed by atoms with Crippen LogP contribution in [0.15, 0.2) is 34.3 Å². The minimum atomic E-state index is -1.12. The van der Waals surface area contributed by atoms with Gasteiger partial charge in [-0.2, -0.15) is 0 Å². The smallest absolute Gasteiger partial charge is 0.371 e. The second kappa shape index (κ2) is 6.15. The highest BCUT2D eigenvalue weighted by molar-refractivity contribution is 8.00. The molecule has 1 heterocycles. The van der Waals surface area contributed by atoms with Gasteiger partial charge in [0.05, 0.1) is 5.25 Å². The largest absolute Gasteiger partial charge is 0.475 e. The number of carboxylic acids is 1. The summed E-state index contributed by atoms with van der Waals surface area (Å²) < 4.78 is 5.03. The molecule has 1 amide bonds. The van der Waals surface area contributed by atoms with Crippen LogP contribution in [0, 0.1) is 0 Å². The van der Waals surface area contributed by atoms with Crippen molar-refractivity contribution in [2.75, 3.05) is 6.54 Å². The number of amides is 1. The summed E-state index contributed by atoms with van der Waals surface area (Å²) in [6.45, 7) is 5.61. The van der Waals surface area contributed by atoms with E-state index in [4.69, 9.17) is 9.52 Å². The van der Waals surface area contributed by atoms with Gasteiger partial charge >= 0.3 is 5.97 Å². The average molecular weight is 255 g/mol. The first-order valence-corrected chi connectivity index (χ1v) is 5.81. The molecule has 1 atom stereocenters. The van der Waals surface area contributed by atoms with Gasteiger partial charge in [0.15, 0.2) is 5.09 Å². The lowest BCUT2D eigenvalue weighted by Gasteiger charge is -2.08. The number of carbonyl (C=O) groups excluding carboxylic acids is 1. The third kappa shape index (κ3) is 3.99.